The molecule has 0 aromatic heterocycles. The van der Waals surface area contributed by atoms with E-state index in [4.69, 9.17) is 9.47 Å². The van der Waals surface area contributed by atoms with Crippen LogP contribution in [0.4, 0.5) is 0 Å². The van der Waals surface area contributed by atoms with E-state index in [0.717, 1.165) is 0 Å². The lowest BCUT2D eigenvalue weighted by Crippen LogP contribution is -2.22. The SMILES string of the molecule is CC(C)C(=O)OC(OC(=O)C(C)C)c1ccccc1. The largest absolute Gasteiger partial charge is 0.420 e. The maximum atomic E-state index is 11.7. The molecule has 0 spiro atoms. The van der Waals surface area contributed by atoms with E-state index >= 15 is 0 Å². The normalized spacial score (nSPS) is 10.9. The van der Waals surface area contributed by atoms with Gasteiger partial charge in [0, 0.05) is 5.56 Å². The van der Waals surface area contributed by atoms with E-state index in [1.54, 1.807) is 52.0 Å². The molecule has 0 atom stereocenters. The summed E-state index contributed by atoms with van der Waals surface area (Å²) in [5.41, 5.74) is 0.644. The molecular formula is C15H20O4. The van der Waals surface area contributed by atoms with Gasteiger partial charge in [-0.25, -0.2) is 0 Å². The fourth-order valence-electron chi connectivity index (χ4n) is 1.25. The molecule has 4 heteroatoms. The minimum absolute atomic E-state index is 0.274. The van der Waals surface area contributed by atoms with Gasteiger partial charge in [-0.05, 0) is 0 Å². The Labute approximate surface area is 113 Å². The molecule has 0 heterocycles. The van der Waals surface area contributed by atoms with Crippen LogP contribution in [0.2, 0.25) is 0 Å². The van der Waals surface area contributed by atoms with Crippen LogP contribution in [0.25, 0.3) is 0 Å². The van der Waals surface area contributed by atoms with Crippen LogP contribution in [0.1, 0.15) is 39.5 Å². The topological polar surface area (TPSA) is 52.6 Å². The Balaban J connectivity index is 2.85. The molecule has 0 aliphatic carbocycles. The summed E-state index contributed by atoms with van der Waals surface area (Å²) >= 11 is 0. The summed E-state index contributed by atoms with van der Waals surface area (Å²) in [5.74, 6) is -1.34. The third-order valence-corrected chi connectivity index (χ3v) is 2.46. The highest BCUT2D eigenvalue weighted by atomic mass is 16.7. The van der Waals surface area contributed by atoms with E-state index in [9.17, 15) is 9.59 Å². The number of ether oxygens (including phenoxy) is 2. The first-order valence-electron chi connectivity index (χ1n) is 6.37. The lowest BCUT2D eigenvalue weighted by molar-refractivity contribution is -0.194. The van der Waals surface area contributed by atoms with Crippen LogP contribution in [0.3, 0.4) is 0 Å². The van der Waals surface area contributed by atoms with Crippen LogP contribution < -0.4 is 0 Å². The smallest absolute Gasteiger partial charge is 0.311 e. The molecule has 0 aliphatic heterocycles. The number of esters is 2. The second kappa shape index (κ2) is 6.92. The third kappa shape index (κ3) is 4.73. The summed E-state index contributed by atoms with van der Waals surface area (Å²) < 4.78 is 10.5. The summed E-state index contributed by atoms with van der Waals surface area (Å²) in [5, 5.41) is 0. The fourth-order valence-corrected chi connectivity index (χ4v) is 1.25. The summed E-state index contributed by atoms with van der Waals surface area (Å²) in [4.78, 5) is 23.3. The predicted molar refractivity (Wildman–Crippen MR) is 71.0 cm³/mol. The molecule has 0 bridgehead atoms. The van der Waals surface area contributed by atoms with Crippen LogP contribution in [-0.2, 0) is 19.1 Å². The highest BCUT2D eigenvalue weighted by molar-refractivity contribution is 5.73. The van der Waals surface area contributed by atoms with Gasteiger partial charge in [0.25, 0.3) is 6.29 Å². The Morgan fingerprint density at radius 3 is 1.63 bits per heavy atom. The zero-order valence-electron chi connectivity index (χ0n) is 11.8. The maximum Gasteiger partial charge on any atom is 0.311 e. The molecule has 0 aliphatic rings. The number of rotatable bonds is 5. The molecule has 0 saturated carbocycles. The van der Waals surface area contributed by atoms with Crippen LogP contribution in [0.15, 0.2) is 30.3 Å². The molecule has 1 aromatic rings. The summed E-state index contributed by atoms with van der Waals surface area (Å²) in [6, 6.07) is 8.95. The van der Waals surface area contributed by atoms with Gasteiger partial charge in [-0.3, -0.25) is 9.59 Å². The van der Waals surface area contributed by atoms with E-state index in [2.05, 4.69) is 0 Å². The number of hydrogen-bond donors (Lipinski definition) is 0. The van der Waals surface area contributed by atoms with E-state index in [1.165, 1.54) is 0 Å². The Kier molecular flexibility index (Phi) is 5.55. The van der Waals surface area contributed by atoms with Gasteiger partial charge in [0.1, 0.15) is 0 Å². The van der Waals surface area contributed by atoms with Gasteiger partial charge in [0.05, 0.1) is 11.8 Å². The zero-order chi connectivity index (χ0) is 14.4. The van der Waals surface area contributed by atoms with Gasteiger partial charge in [0.15, 0.2) is 0 Å². The molecule has 104 valence electrons. The molecule has 0 radical (unpaired) electrons. The Hall–Kier alpha value is -1.84. The van der Waals surface area contributed by atoms with Crippen LogP contribution in [0.5, 0.6) is 0 Å². The highest BCUT2D eigenvalue weighted by Gasteiger charge is 2.23. The molecule has 0 unspecified atom stereocenters. The van der Waals surface area contributed by atoms with Crippen molar-refractivity contribution in [3.63, 3.8) is 0 Å². The molecular weight excluding hydrogens is 244 g/mol. The molecule has 0 saturated heterocycles. The van der Waals surface area contributed by atoms with Crippen molar-refractivity contribution in [2.45, 2.75) is 34.0 Å². The van der Waals surface area contributed by atoms with Crippen molar-refractivity contribution in [1.82, 2.24) is 0 Å². The number of carbonyl (C=O) groups excluding carboxylic acids is 2. The van der Waals surface area contributed by atoms with Gasteiger partial charge < -0.3 is 9.47 Å². The first-order chi connectivity index (χ1) is 8.91. The van der Waals surface area contributed by atoms with Gasteiger partial charge in [-0.1, -0.05) is 58.0 Å². The standard InChI is InChI=1S/C15H20O4/c1-10(2)13(16)18-15(19-14(17)11(3)4)12-8-6-5-7-9-12/h5-11,15H,1-4H3. The Morgan fingerprint density at radius 2 is 1.26 bits per heavy atom. The number of benzene rings is 1. The lowest BCUT2D eigenvalue weighted by Gasteiger charge is -2.20. The average Bonchev–Trinajstić information content (AvgIpc) is 2.38. The molecule has 19 heavy (non-hydrogen) atoms. The van der Waals surface area contributed by atoms with Crippen molar-refractivity contribution in [3.05, 3.63) is 35.9 Å². The molecule has 0 fully saturated rings. The number of carbonyl (C=O) groups is 2. The highest BCUT2D eigenvalue weighted by Crippen LogP contribution is 2.21. The quantitative estimate of drug-likeness (QED) is 0.605. The van der Waals surface area contributed by atoms with Gasteiger partial charge in [0.2, 0.25) is 0 Å². The van der Waals surface area contributed by atoms with E-state index in [-0.39, 0.29) is 11.8 Å². The lowest BCUT2D eigenvalue weighted by atomic mass is 10.2. The molecule has 0 amide bonds. The maximum absolute atomic E-state index is 11.7. The number of hydrogen-bond acceptors (Lipinski definition) is 4. The summed E-state index contributed by atoms with van der Waals surface area (Å²) in [6.45, 7) is 6.92. The van der Waals surface area contributed by atoms with Crippen molar-refractivity contribution >= 4 is 11.9 Å². The van der Waals surface area contributed by atoms with Gasteiger partial charge >= 0.3 is 11.9 Å². The Bertz CT molecular complexity index is 401. The van der Waals surface area contributed by atoms with Crippen molar-refractivity contribution in [1.29, 1.82) is 0 Å². The fraction of sp³-hybridized carbons (Fsp3) is 0.467. The first kappa shape index (κ1) is 15.2. The molecule has 1 rings (SSSR count). The third-order valence-electron chi connectivity index (χ3n) is 2.46. The summed E-state index contributed by atoms with van der Waals surface area (Å²) in [7, 11) is 0. The van der Waals surface area contributed by atoms with E-state index in [1.807, 2.05) is 6.07 Å². The second-order valence-electron chi connectivity index (χ2n) is 4.93. The summed E-state index contributed by atoms with van der Waals surface area (Å²) in [6.07, 6.45) is -0.981. The zero-order valence-corrected chi connectivity index (χ0v) is 11.8. The van der Waals surface area contributed by atoms with Crippen LogP contribution in [-0.4, -0.2) is 11.9 Å². The second-order valence-corrected chi connectivity index (χ2v) is 4.93. The van der Waals surface area contributed by atoms with Crippen molar-refractivity contribution in [2.75, 3.05) is 0 Å². The van der Waals surface area contributed by atoms with Gasteiger partial charge in [-0.2, -0.15) is 0 Å². The minimum Gasteiger partial charge on any atom is -0.420 e. The first-order valence-corrected chi connectivity index (χ1v) is 6.37. The van der Waals surface area contributed by atoms with Crippen molar-refractivity contribution < 1.29 is 19.1 Å². The van der Waals surface area contributed by atoms with Crippen LogP contribution in [0, 0.1) is 11.8 Å². The monoisotopic (exact) mass is 264 g/mol. The molecule has 1 aromatic carbocycles. The van der Waals surface area contributed by atoms with E-state index in [0.29, 0.717) is 5.56 Å². The van der Waals surface area contributed by atoms with E-state index < -0.39 is 18.2 Å². The molecule has 4 nitrogen and oxygen atoms in total. The van der Waals surface area contributed by atoms with Crippen LogP contribution >= 0.6 is 0 Å². The molecule has 0 N–H and O–H groups in total. The van der Waals surface area contributed by atoms with Crippen molar-refractivity contribution in [3.8, 4) is 0 Å². The Morgan fingerprint density at radius 1 is 0.842 bits per heavy atom. The minimum atomic E-state index is -0.981. The van der Waals surface area contributed by atoms with Gasteiger partial charge in [-0.15, -0.1) is 0 Å². The van der Waals surface area contributed by atoms with Crippen molar-refractivity contribution in [2.24, 2.45) is 11.8 Å². The predicted octanol–water partition coefficient (Wildman–Crippen LogP) is 3.08. The average molecular weight is 264 g/mol.